The third-order valence-corrected chi connectivity index (χ3v) is 4.71. The largest absolute Gasteiger partial charge is 0.480 e. The number of anilines is 2. The van der Waals surface area contributed by atoms with Crippen LogP contribution in [0.4, 0.5) is 11.5 Å². The van der Waals surface area contributed by atoms with Gasteiger partial charge in [0, 0.05) is 24.5 Å². The molecular weight excluding hydrogens is 453 g/mol. The molecule has 0 unspecified atom stereocenters. The van der Waals surface area contributed by atoms with Crippen LogP contribution in [0.3, 0.4) is 0 Å². The Hall–Kier alpha value is -2.94. The first-order valence-corrected chi connectivity index (χ1v) is 9.63. The first-order chi connectivity index (χ1) is 14.3. The average Bonchev–Trinajstić information content (AvgIpc) is 2.69. The van der Waals surface area contributed by atoms with Gasteiger partial charge in [-0.15, -0.1) is 0 Å². The lowest BCUT2D eigenvalue weighted by Gasteiger charge is -2.15. The van der Waals surface area contributed by atoms with E-state index in [1.165, 1.54) is 24.8 Å². The number of amides is 1. The molecule has 0 aliphatic heterocycles. The zero-order valence-corrected chi connectivity index (χ0v) is 17.4. The summed E-state index contributed by atoms with van der Waals surface area (Å²) in [6.07, 6.45) is 5.56. The minimum absolute atomic E-state index is 0.121. The molecule has 3 N–H and O–H groups in total. The highest BCUT2D eigenvalue weighted by Crippen LogP contribution is 2.24. The predicted molar refractivity (Wildman–Crippen MR) is 114 cm³/mol. The summed E-state index contributed by atoms with van der Waals surface area (Å²) >= 11 is 17.8. The fourth-order valence-corrected chi connectivity index (χ4v) is 3.26. The number of hydrogen-bond acceptors (Lipinski definition) is 6. The van der Waals surface area contributed by atoms with Crippen LogP contribution in [-0.4, -0.2) is 38.0 Å². The SMILES string of the molecule is O=C(Nc1ccc(C[C@H](Nc2cncc(Cl)n2)C(=O)O)cc1)c1c(Cl)cncc1Cl. The maximum absolute atomic E-state index is 12.4. The van der Waals surface area contributed by atoms with Gasteiger partial charge in [-0.2, -0.15) is 0 Å². The topological polar surface area (TPSA) is 117 Å². The van der Waals surface area contributed by atoms with Gasteiger partial charge in [0.1, 0.15) is 17.0 Å². The van der Waals surface area contributed by atoms with Crippen molar-refractivity contribution in [1.29, 1.82) is 0 Å². The molecule has 8 nitrogen and oxygen atoms in total. The number of nitrogens with zero attached hydrogens (tertiary/aromatic N) is 3. The molecule has 1 amide bonds. The Bertz CT molecular complexity index is 1060. The highest BCUT2D eigenvalue weighted by atomic mass is 35.5. The Morgan fingerprint density at radius 1 is 0.967 bits per heavy atom. The van der Waals surface area contributed by atoms with Crippen molar-refractivity contribution in [2.45, 2.75) is 12.5 Å². The fourth-order valence-electron chi connectivity index (χ4n) is 2.57. The fraction of sp³-hybridized carbons (Fsp3) is 0.105. The zero-order chi connectivity index (χ0) is 21.7. The molecule has 0 spiro atoms. The Morgan fingerprint density at radius 2 is 1.60 bits per heavy atom. The summed E-state index contributed by atoms with van der Waals surface area (Å²) in [5.41, 5.74) is 1.34. The lowest BCUT2D eigenvalue weighted by molar-refractivity contribution is -0.137. The highest BCUT2D eigenvalue weighted by molar-refractivity contribution is 6.40. The van der Waals surface area contributed by atoms with Gasteiger partial charge in [0.05, 0.1) is 28.0 Å². The minimum Gasteiger partial charge on any atom is -0.480 e. The first-order valence-electron chi connectivity index (χ1n) is 8.49. The van der Waals surface area contributed by atoms with E-state index >= 15 is 0 Å². The van der Waals surface area contributed by atoms with Gasteiger partial charge in [-0.3, -0.25) is 14.8 Å². The van der Waals surface area contributed by atoms with Crippen molar-refractivity contribution in [3.63, 3.8) is 0 Å². The van der Waals surface area contributed by atoms with Crippen molar-refractivity contribution >= 4 is 58.2 Å². The molecule has 0 aliphatic carbocycles. The summed E-state index contributed by atoms with van der Waals surface area (Å²) < 4.78 is 0. The molecule has 11 heteroatoms. The number of carboxylic acid groups (broad SMARTS) is 1. The number of nitrogens with one attached hydrogen (secondary N) is 2. The molecule has 0 saturated carbocycles. The quantitative estimate of drug-likeness (QED) is 0.478. The standard InChI is InChI=1S/C19H14Cl3N5O3/c20-12-6-23-7-13(21)17(12)18(28)25-11-3-1-10(2-4-11)5-14(19(29)30)26-16-9-24-8-15(22)27-16/h1-4,6-9,14H,5H2,(H,25,28)(H,26,27)(H,29,30)/t14-/m0/s1. The number of aliphatic carboxylic acids is 1. The van der Waals surface area contributed by atoms with Crippen LogP contribution >= 0.6 is 34.8 Å². The van der Waals surface area contributed by atoms with Crippen molar-refractivity contribution in [3.05, 3.63) is 75.4 Å². The number of halogens is 3. The molecule has 30 heavy (non-hydrogen) atoms. The summed E-state index contributed by atoms with van der Waals surface area (Å²) in [5.74, 6) is -1.29. The molecule has 0 fully saturated rings. The summed E-state index contributed by atoms with van der Waals surface area (Å²) in [6, 6.07) is 5.75. The number of pyridine rings is 1. The van der Waals surface area contributed by atoms with E-state index in [-0.39, 0.29) is 33.0 Å². The van der Waals surface area contributed by atoms with Crippen LogP contribution in [-0.2, 0) is 11.2 Å². The first kappa shape index (κ1) is 21.8. The van der Waals surface area contributed by atoms with Crippen LogP contribution in [0.2, 0.25) is 15.2 Å². The maximum Gasteiger partial charge on any atom is 0.326 e. The van der Waals surface area contributed by atoms with Crippen molar-refractivity contribution in [3.8, 4) is 0 Å². The average molecular weight is 467 g/mol. The van der Waals surface area contributed by atoms with Gasteiger partial charge >= 0.3 is 5.97 Å². The molecule has 0 radical (unpaired) electrons. The van der Waals surface area contributed by atoms with E-state index < -0.39 is 17.9 Å². The zero-order valence-electron chi connectivity index (χ0n) is 15.1. The highest BCUT2D eigenvalue weighted by Gasteiger charge is 2.19. The van der Waals surface area contributed by atoms with Gasteiger partial charge in [0.25, 0.3) is 5.91 Å². The van der Waals surface area contributed by atoms with Gasteiger partial charge in [-0.05, 0) is 17.7 Å². The van der Waals surface area contributed by atoms with E-state index in [0.29, 0.717) is 5.69 Å². The van der Waals surface area contributed by atoms with Gasteiger partial charge < -0.3 is 15.7 Å². The van der Waals surface area contributed by atoms with Crippen LogP contribution in [0.15, 0.2) is 49.1 Å². The van der Waals surface area contributed by atoms with Gasteiger partial charge in [-0.25, -0.2) is 9.78 Å². The second-order valence-electron chi connectivity index (χ2n) is 6.10. The predicted octanol–water partition coefficient (Wildman–Crippen LogP) is 4.19. The minimum atomic E-state index is -1.06. The number of aromatic nitrogens is 3. The molecule has 3 aromatic rings. The van der Waals surface area contributed by atoms with E-state index in [1.54, 1.807) is 24.3 Å². The molecular formula is C19H14Cl3N5O3. The smallest absolute Gasteiger partial charge is 0.326 e. The molecule has 3 rings (SSSR count). The van der Waals surface area contributed by atoms with E-state index in [1.807, 2.05) is 0 Å². The Balaban J connectivity index is 1.68. The Labute approximate surface area is 186 Å². The van der Waals surface area contributed by atoms with Crippen molar-refractivity contribution in [2.75, 3.05) is 10.6 Å². The molecule has 0 aliphatic rings. The van der Waals surface area contributed by atoms with Gasteiger partial charge in [0.2, 0.25) is 0 Å². The number of benzene rings is 1. The number of rotatable bonds is 7. The molecule has 0 saturated heterocycles. The lowest BCUT2D eigenvalue weighted by Crippen LogP contribution is -2.32. The molecule has 2 aromatic heterocycles. The second kappa shape index (κ2) is 9.71. The van der Waals surface area contributed by atoms with E-state index in [0.717, 1.165) is 5.56 Å². The van der Waals surface area contributed by atoms with Crippen LogP contribution in [0.1, 0.15) is 15.9 Å². The molecule has 1 aromatic carbocycles. The third-order valence-electron chi connectivity index (χ3n) is 3.96. The molecule has 2 heterocycles. The van der Waals surface area contributed by atoms with Crippen LogP contribution in [0, 0.1) is 0 Å². The monoisotopic (exact) mass is 465 g/mol. The third kappa shape index (κ3) is 5.56. The van der Waals surface area contributed by atoms with E-state index in [4.69, 9.17) is 34.8 Å². The van der Waals surface area contributed by atoms with Crippen molar-refractivity contribution < 1.29 is 14.7 Å². The number of carbonyl (C=O) groups excluding carboxylic acids is 1. The number of carbonyl (C=O) groups is 2. The van der Waals surface area contributed by atoms with E-state index in [9.17, 15) is 14.7 Å². The van der Waals surface area contributed by atoms with Crippen LogP contribution in [0.25, 0.3) is 0 Å². The summed E-state index contributed by atoms with van der Waals surface area (Å²) in [5, 5.41) is 15.4. The maximum atomic E-state index is 12.4. The number of carboxylic acids is 1. The Kier molecular flexibility index (Phi) is 7.04. The van der Waals surface area contributed by atoms with Crippen LogP contribution in [0.5, 0.6) is 0 Å². The summed E-state index contributed by atoms with van der Waals surface area (Å²) in [6.45, 7) is 0. The lowest BCUT2D eigenvalue weighted by atomic mass is 10.1. The van der Waals surface area contributed by atoms with Crippen molar-refractivity contribution in [1.82, 2.24) is 15.0 Å². The number of hydrogen-bond donors (Lipinski definition) is 3. The second-order valence-corrected chi connectivity index (χ2v) is 7.30. The normalized spacial score (nSPS) is 11.6. The molecule has 1 atom stereocenters. The van der Waals surface area contributed by atoms with Gasteiger partial charge in [0.15, 0.2) is 0 Å². The molecule has 154 valence electrons. The molecule has 0 bridgehead atoms. The van der Waals surface area contributed by atoms with E-state index in [2.05, 4.69) is 25.6 Å². The Morgan fingerprint density at radius 3 is 2.20 bits per heavy atom. The van der Waals surface area contributed by atoms with Gasteiger partial charge in [-0.1, -0.05) is 46.9 Å². The summed E-state index contributed by atoms with van der Waals surface area (Å²) in [4.78, 5) is 35.7. The summed E-state index contributed by atoms with van der Waals surface area (Å²) in [7, 11) is 0. The van der Waals surface area contributed by atoms with Crippen molar-refractivity contribution in [2.24, 2.45) is 0 Å². The van der Waals surface area contributed by atoms with Crippen LogP contribution < -0.4 is 10.6 Å².